The Bertz CT molecular complexity index is 1130. The number of allylic oxidation sites excluding steroid dienone is 4. The van der Waals surface area contributed by atoms with Gasteiger partial charge >= 0.3 is 0 Å². The van der Waals surface area contributed by atoms with Crippen molar-refractivity contribution in [3.05, 3.63) is 112 Å². The summed E-state index contributed by atoms with van der Waals surface area (Å²) in [5, 5.41) is 6.17. The van der Waals surface area contributed by atoms with Gasteiger partial charge in [0.2, 0.25) is 0 Å². The molecule has 0 bridgehead atoms. The van der Waals surface area contributed by atoms with Gasteiger partial charge in [-0.1, -0.05) is 144 Å². The van der Waals surface area contributed by atoms with Crippen LogP contribution in [0.3, 0.4) is 0 Å². The zero-order valence-electron chi connectivity index (χ0n) is 22.9. The molecule has 0 saturated heterocycles. The summed E-state index contributed by atoms with van der Waals surface area (Å²) in [6.07, 6.45) is 4.78. The van der Waals surface area contributed by atoms with Gasteiger partial charge in [0.25, 0.3) is 0 Å². The fourth-order valence-electron chi connectivity index (χ4n) is 5.83. The van der Waals surface area contributed by atoms with E-state index in [4.69, 9.17) is 0 Å². The van der Waals surface area contributed by atoms with E-state index < -0.39 is 8.07 Å². The van der Waals surface area contributed by atoms with Crippen LogP contribution in [-0.4, -0.2) is 8.07 Å². The lowest BCUT2D eigenvalue weighted by Gasteiger charge is -2.39. The minimum absolute atomic E-state index is 0.426. The molecule has 35 heavy (non-hydrogen) atoms. The zero-order valence-corrected chi connectivity index (χ0v) is 23.9. The van der Waals surface area contributed by atoms with Crippen molar-refractivity contribution in [3.63, 3.8) is 0 Å². The predicted octanol–water partition coefficient (Wildman–Crippen LogP) is 7.59. The molecule has 182 valence electrons. The first-order valence-corrected chi connectivity index (χ1v) is 15.4. The van der Waals surface area contributed by atoms with Crippen molar-refractivity contribution in [2.45, 2.75) is 73.1 Å². The highest BCUT2D eigenvalue weighted by molar-refractivity contribution is 7.16. The summed E-state index contributed by atoms with van der Waals surface area (Å²) < 4.78 is 0. The Labute approximate surface area is 214 Å². The number of benzene rings is 3. The van der Waals surface area contributed by atoms with Gasteiger partial charge in [0.1, 0.15) is 0 Å². The highest BCUT2D eigenvalue weighted by Gasteiger charge is 2.46. The van der Waals surface area contributed by atoms with Crippen LogP contribution in [0.15, 0.2) is 95.7 Å². The lowest BCUT2D eigenvalue weighted by atomic mass is 10.0. The number of hydrogen-bond acceptors (Lipinski definition) is 0. The highest BCUT2D eigenvalue weighted by Crippen LogP contribution is 2.34. The van der Waals surface area contributed by atoms with Gasteiger partial charge in [-0.25, -0.2) is 0 Å². The molecule has 3 aromatic rings. The van der Waals surface area contributed by atoms with E-state index in [1.54, 1.807) is 5.20 Å². The first-order valence-electron chi connectivity index (χ1n) is 13.4. The molecule has 1 aliphatic rings. The van der Waals surface area contributed by atoms with Crippen molar-refractivity contribution in [2.75, 3.05) is 0 Å². The Morgan fingerprint density at radius 2 is 0.971 bits per heavy atom. The van der Waals surface area contributed by atoms with Crippen LogP contribution >= 0.6 is 0 Å². The van der Waals surface area contributed by atoms with Crippen LogP contribution < -0.4 is 15.6 Å². The molecule has 1 atom stereocenters. The Kier molecular flexibility index (Phi) is 7.38. The Balaban J connectivity index is 2.18. The second kappa shape index (κ2) is 10.2. The third kappa shape index (κ3) is 4.64. The van der Waals surface area contributed by atoms with E-state index in [0.29, 0.717) is 23.7 Å². The molecule has 0 N–H and O–H groups in total. The van der Waals surface area contributed by atoms with Gasteiger partial charge in [0, 0.05) is 0 Å². The molecule has 1 unspecified atom stereocenters. The van der Waals surface area contributed by atoms with Crippen LogP contribution in [0, 0.1) is 5.92 Å². The maximum Gasteiger partial charge on any atom is 0.176 e. The maximum atomic E-state index is 2.53. The molecule has 0 heterocycles. The van der Waals surface area contributed by atoms with Crippen LogP contribution in [0.2, 0.25) is 0 Å². The first kappa shape index (κ1) is 25.4. The molecular weight excluding hydrogens is 436 g/mol. The van der Waals surface area contributed by atoms with E-state index in [1.807, 2.05) is 0 Å². The molecule has 0 spiro atoms. The maximum absolute atomic E-state index is 2.53. The smallest absolute Gasteiger partial charge is 0.0777 e. The van der Waals surface area contributed by atoms with E-state index in [-0.39, 0.29) is 0 Å². The zero-order chi connectivity index (χ0) is 25.3. The molecule has 0 radical (unpaired) electrons. The summed E-state index contributed by atoms with van der Waals surface area (Å²) in [6.45, 7) is 18.6. The fourth-order valence-corrected chi connectivity index (χ4v) is 11.4. The SMILES string of the molecule is CC1=C([Si](c2cccc(C(C)C)c2)(c2cccc(C(C)C)c2)c2cccc(C(C)C)c2)C(C)C=C1. The van der Waals surface area contributed by atoms with Gasteiger partial charge in [-0.3, -0.25) is 0 Å². The monoisotopic (exact) mass is 478 g/mol. The van der Waals surface area contributed by atoms with E-state index in [1.165, 1.54) is 37.8 Å². The van der Waals surface area contributed by atoms with Crippen molar-refractivity contribution in [2.24, 2.45) is 5.92 Å². The molecule has 0 fully saturated rings. The van der Waals surface area contributed by atoms with E-state index >= 15 is 0 Å². The third-order valence-electron chi connectivity index (χ3n) is 7.88. The Morgan fingerprint density at radius 3 is 1.26 bits per heavy atom. The average Bonchev–Trinajstić information content (AvgIpc) is 3.18. The number of rotatable bonds is 7. The molecule has 0 aromatic heterocycles. The predicted molar refractivity (Wildman–Crippen MR) is 157 cm³/mol. The summed E-state index contributed by atoms with van der Waals surface area (Å²) >= 11 is 0. The lowest BCUT2D eigenvalue weighted by Crippen LogP contribution is -2.69. The molecule has 3 aromatic carbocycles. The van der Waals surface area contributed by atoms with Crippen LogP contribution in [0.4, 0.5) is 0 Å². The molecule has 0 aliphatic heterocycles. The molecule has 1 aliphatic carbocycles. The van der Waals surface area contributed by atoms with Gasteiger partial charge in [-0.2, -0.15) is 0 Å². The van der Waals surface area contributed by atoms with Crippen molar-refractivity contribution in [1.29, 1.82) is 0 Å². The average molecular weight is 479 g/mol. The van der Waals surface area contributed by atoms with Gasteiger partial charge < -0.3 is 0 Å². The largest absolute Gasteiger partial charge is 0.176 e. The van der Waals surface area contributed by atoms with Crippen molar-refractivity contribution < 1.29 is 0 Å². The summed E-state index contributed by atoms with van der Waals surface area (Å²) in [6, 6.07) is 28.7. The van der Waals surface area contributed by atoms with Crippen LogP contribution in [0.5, 0.6) is 0 Å². The van der Waals surface area contributed by atoms with Gasteiger partial charge in [0.05, 0.1) is 0 Å². The van der Waals surface area contributed by atoms with Gasteiger partial charge in [-0.05, 0) is 62.8 Å². The second-order valence-corrected chi connectivity index (χ2v) is 15.1. The normalized spacial score (nSPS) is 16.3. The van der Waals surface area contributed by atoms with E-state index in [9.17, 15) is 0 Å². The van der Waals surface area contributed by atoms with E-state index in [2.05, 4.69) is 140 Å². The van der Waals surface area contributed by atoms with E-state index in [0.717, 1.165) is 0 Å². The molecule has 4 rings (SSSR count). The topological polar surface area (TPSA) is 0 Å². The first-order chi connectivity index (χ1) is 16.7. The molecule has 1 heteroatoms. The number of hydrogen-bond donors (Lipinski definition) is 0. The molecule has 0 saturated carbocycles. The summed E-state index contributed by atoms with van der Waals surface area (Å²) in [7, 11) is -2.53. The quantitative estimate of drug-likeness (QED) is 0.242. The Morgan fingerprint density at radius 1 is 0.600 bits per heavy atom. The van der Waals surface area contributed by atoms with Crippen LogP contribution in [0.25, 0.3) is 0 Å². The summed E-state index contributed by atoms with van der Waals surface area (Å²) in [4.78, 5) is 0. The van der Waals surface area contributed by atoms with Crippen molar-refractivity contribution >= 4 is 23.6 Å². The van der Waals surface area contributed by atoms with Crippen molar-refractivity contribution in [3.8, 4) is 0 Å². The lowest BCUT2D eigenvalue weighted by molar-refractivity contribution is 0.866. The minimum atomic E-state index is -2.53. The third-order valence-corrected chi connectivity index (χ3v) is 13.1. The fraction of sp³-hybridized carbons (Fsp3) is 0.353. The molecule has 0 nitrogen and oxygen atoms in total. The van der Waals surface area contributed by atoms with Gasteiger partial charge in [-0.15, -0.1) is 0 Å². The standard InChI is InChI=1S/C34H42Si/c1-23(2)28-12-9-15-31(20-28)35(34-26(7)18-19-27(34)8,32-16-10-13-29(21-32)24(3)4)33-17-11-14-30(22-33)25(5)6/h9-26H,1-8H3. The van der Waals surface area contributed by atoms with Gasteiger partial charge in [0.15, 0.2) is 8.07 Å². The van der Waals surface area contributed by atoms with Crippen molar-refractivity contribution in [1.82, 2.24) is 0 Å². The van der Waals surface area contributed by atoms with Crippen LogP contribution in [0.1, 0.15) is 89.8 Å². The van der Waals surface area contributed by atoms with Crippen LogP contribution in [-0.2, 0) is 0 Å². The molecular formula is C34H42Si. The summed E-state index contributed by atoms with van der Waals surface area (Å²) in [5.74, 6) is 1.93. The second-order valence-electron chi connectivity index (χ2n) is 11.3. The molecule has 0 amide bonds. The highest BCUT2D eigenvalue weighted by atomic mass is 28.3. The summed E-state index contributed by atoms with van der Waals surface area (Å²) in [5.41, 5.74) is 5.73. The minimum Gasteiger partial charge on any atom is -0.0777 e. The Hall–Kier alpha value is -2.64.